The zero-order chi connectivity index (χ0) is 14.8. The first kappa shape index (κ1) is 17.1. The monoisotopic (exact) mass is 297 g/mol. The highest BCUT2D eigenvalue weighted by molar-refractivity contribution is 7.07. The smallest absolute Gasteiger partial charge is 0.220 e. The van der Waals surface area contributed by atoms with E-state index >= 15 is 0 Å². The van der Waals surface area contributed by atoms with Crippen molar-refractivity contribution in [1.82, 2.24) is 15.5 Å². The second kappa shape index (κ2) is 9.91. The molecule has 0 saturated heterocycles. The third-order valence-corrected chi connectivity index (χ3v) is 4.21. The van der Waals surface area contributed by atoms with Crippen LogP contribution in [0.25, 0.3) is 0 Å². The van der Waals surface area contributed by atoms with Crippen LogP contribution in [0.3, 0.4) is 0 Å². The van der Waals surface area contributed by atoms with Crippen LogP contribution >= 0.6 is 11.3 Å². The molecule has 0 radical (unpaired) electrons. The lowest BCUT2D eigenvalue weighted by atomic mass is 10.1. The van der Waals surface area contributed by atoms with Crippen LogP contribution in [-0.2, 0) is 4.79 Å². The Labute approximate surface area is 126 Å². The minimum atomic E-state index is 0.146. The summed E-state index contributed by atoms with van der Waals surface area (Å²) in [6.07, 6.45) is 1.48. The fraction of sp³-hybridized carbons (Fsp3) is 0.667. The average molecular weight is 297 g/mol. The molecule has 1 heterocycles. The third kappa shape index (κ3) is 5.61. The average Bonchev–Trinajstić information content (AvgIpc) is 2.97. The molecule has 4 nitrogen and oxygen atoms in total. The van der Waals surface area contributed by atoms with Crippen molar-refractivity contribution in [3.8, 4) is 0 Å². The Hall–Kier alpha value is -0.910. The molecule has 5 heteroatoms. The van der Waals surface area contributed by atoms with Gasteiger partial charge in [0.05, 0.1) is 6.04 Å². The highest BCUT2D eigenvalue weighted by Gasteiger charge is 2.18. The van der Waals surface area contributed by atoms with Crippen LogP contribution in [0.2, 0.25) is 0 Å². The molecular weight excluding hydrogens is 270 g/mol. The van der Waals surface area contributed by atoms with Crippen LogP contribution in [0.4, 0.5) is 0 Å². The van der Waals surface area contributed by atoms with E-state index in [0.717, 1.165) is 26.1 Å². The Morgan fingerprint density at radius 3 is 2.70 bits per heavy atom. The van der Waals surface area contributed by atoms with Crippen LogP contribution in [0.5, 0.6) is 0 Å². The van der Waals surface area contributed by atoms with Gasteiger partial charge in [0.2, 0.25) is 5.91 Å². The summed E-state index contributed by atoms with van der Waals surface area (Å²) < 4.78 is 0. The summed E-state index contributed by atoms with van der Waals surface area (Å²) in [5.41, 5.74) is 1.30. The maximum Gasteiger partial charge on any atom is 0.220 e. The molecule has 1 amide bonds. The van der Waals surface area contributed by atoms with Crippen molar-refractivity contribution in [2.45, 2.75) is 32.7 Å². The number of carbonyl (C=O) groups is 1. The molecule has 0 bridgehead atoms. The molecule has 20 heavy (non-hydrogen) atoms. The van der Waals surface area contributed by atoms with Crippen molar-refractivity contribution in [3.63, 3.8) is 0 Å². The zero-order valence-electron chi connectivity index (χ0n) is 12.8. The van der Waals surface area contributed by atoms with E-state index in [1.807, 2.05) is 7.05 Å². The van der Waals surface area contributed by atoms with E-state index in [9.17, 15) is 4.79 Å². The van der Waals surface area contributed by atoms with E-state index in [-0.39, 0.29) is 11.9 Å². The molecule has 1 aromatic rings. The maximum absolute atomic E-state index is 11.8. The van der Waals surface area contributed by atoms with E-state index in [2.05, 4.69) is 46.2 Å². The summed E-state index contributed by atoms with van der Waals surface area (Å²) in [4.78, 5) is 14.2. The summed E-state index contributed by atoms with van der Waals surface area (Å²) in [5, 5.41) is 10.4. The first-order valence-corrected chi connectivity index (χ1v) is 8.34. The second-order valence-corrected chi connectivity index (χ2v) is 5.58. The molecule has 1 unspecified atom stereocenters. The molecular formula is C15H27N3OS. The van der Waals surface area contributed by atoms with E-state index in [1.54, 1.807) is 11.3 Å². The fourth-order valence-electron chi connectivity index (χ4n) is 2.31. The summed E-state index contributed by atoms with van der Waals surface area (Å²) in [6.45, 7) is 7.89. The van der Waals surface area contributed by atoms with E-state index in [1.165, 1.54) is 5.56 Å². The Morgan fingerprint density at radius 1 is 1.40 bits per heavy atom. The number of carbonyl (C=O) groups excluding carboxylic acids is 1. The van der Waals surface area contributed by atoms with Gasteiger partial charge in [0.1, 0.15) is 0 Å². The van der Waals surface area contributed by atoms with Gasteiger partial charge in [-0.3, -0.25) is 9.69 Å². The van der Waals surface area contributed by atoms with Gasteiger partial charge in [0.15, 0.2) is 0 Å². The van der Waals surface area contributed by atoms with E-state index in [0.29, 0.717) is 13.0 Å². The van der Waals surface area contributed by atoms with Crippen LogP contribution < -0.4 is 10.6 Å². The zero-order valence-corrected chi connectivity index (χ0v) is 13.6. The second-order valence-electron chi connectivity index (χ2n) is 4.80. The number of thiophene rings is 1. The summed E-state index contributed by atoms with van der Waals surface area (Å²) in [7, 11) is 1.91. The predicted octanol–water partition coefficient (Wildman–Crippen LogP) is 2.25. The third-order valence-electron chi connectivity index (χ3n) is 3.50. The summed E-state index contributed by atoms with van der Waals surface area (Å²) in [6, 6.07) is 2.44. The van der Waals surface area contributed by atoms with Gasteiger partial charge in [-0.25, -0.2) is 0 Å². The van der Waals surface area contributed by atoms with Crippen molar-refractivity contribution in [1.29, 1.82) is 0 Å². The van der Waals surface area contributed by atoms with Gasteiger partial charge >= 0.3 is 0 Å². The molecule has 114 valence electrons. The number of rotatable bonds is 10. The van der Waals surface area contributed by atoms with Gasteiger partial charge in [0, 0.05) is 13.0 Å². The molecule has 1 atom stereocenters. The number of hydrogen-bond acceptors (Lipinski definition) is 4. The van der Waals surface area contributed by atoms with Crippen molar-refractivity contribution in [3.05, 3.63) is 22.4 Å². The first-order chi connectivity index (χ1) is 9.72. The maximum atomic E-state index is 11.8. The Balaban J connectivity index is 2.51. The molecule has 0 spiro atoms. The highest BCUT2D eigenvalue weighted by atomic mass is 32.1. The Kier molecular flexibility index (Phi) is 8.49. The molecule has 0 aliphatic heterocycles. The molecule has 1 aromatic heterocycles. The largest absolute Gasteiger partial charge is 0.354 e. The van der Waals surface area contributed by atoms with Gasteiger partial charge in [-0.15, -0.1) is 0 Å². The Bertz CT molecular complexity index is 363. The van der Waals surface area contributed by atoms with Crippen molar-refractivity contribution < 1.29 is 4.79 Å². The molecule has 0 aliphatic carbocycles. The van der Waals surface area contributed by atoms with Gasteiger partial charge in [-0.05, 0) is 55.5 Å². The van der Waals surface area contributed by atoms with Crippen LogP contribution in [0, 0.1) is 0 Å². The molecule has 0 aliphatic rings. The molecule has 0 fully saturated rings. The normalized spacial score (nSPS) is 12.6. The van der Waals surface area contributed by atoms with Crippen LogP contribution in [0.15, 0.2) is 16.8 Å². The lowest BCUT2D eigenvalue weighted by Gasteiger charge is -2.29. The predicted molar refractivity (Wildman–Crippen MR) is 86.2 cm³/mol. The van der Waals surface area contributed by atoms with Gasteiger partial charge < -0.3 is 10.6 Å². The van der Waals surface area contributed by atoms with Gasteiger partial charge in [-0.1, -0.05) is 13.8 Å². The van der Waals surface area contributed by atoms with E-state index in [4.69, 9.17) is 0 Å². The van der Waals surface area contributed by atoms with E-state index < -0.39 is 0 Å². The van der Waals surface area contributed by atoms with Crippen LogP contribution in [-0.4, -0.2) is 44.0 Å². The topological polar surface area (TPSA) is 44.4 Å². The fourth-order valence-corrected chi connectivity index (χ4v) is 3.02. The van der Waals surface area contributed by atoms with Crippen molar-refractivity contribution >= 4 is 17.2 Å². The summed E-state index contributed by atoms with van der Waals surface area (Å²) in [5.74, 6) is 0.146. The minimum Gasteiger partial charge on any atom is -0.354 e. The minimum absolute atomic E-state index is 0.146. The van der Waals surface area contributed by atoms with Crippen LogP contribution in [0.1, 0.15) is 38.3 Å². The van der Waals surface area contributed by atoms with Crippen molar-refractivity contribution in [2.24, 2.45) is 0 Å². The van der Waals surface area contributed by atoms with Gasteiger partial charge in [0.25, 0.3) is 0 Å². The highest BCUT2D eigenvalue weighted by Crippen LogP contribution is 2.22. The molecule has 1 rings (SSSR count). The number of nitrogens with zero attached hydrogens (tertiary/aromatic N) is 1. The number of likely N-dealkylation sites (N-methyl/N-ethyl adjacent to an activating group) is 1. The SMILES string of the molecule is CCN(CC)C(CNC(=O)CCCNC)c1ccsc1. The number of hydrogen-bond donors (Lipinski definition) is 2. The number of nitrogens with one attached hydrogen (secondary N) is 2. The van der Waals surface area contributed by atoms with Gasteiger partial charge in [-0.2, -0.15) is 11.3 Å². The quantitative estimate of drug-likeness (QED) is 0.651. The lowest BCUT2D eigenvalue weighted by molar-refractivity contribution is -0.121. The summed E-state index contributed by atoms with van der Waals surface area (Å²) >= 11 is 1.71. The van der Waals surface area contributed by atoms with Crippen molar-refractivity contribution in [2.75, 3.05) is 33.2 Å². The number of amides is 1. The molecule has 2 N–H and O–H groups in total. The lowest BCUT2D eigenvalue weighted by Crippen LogP contribution is -2.38. The Morgan fingerprint density at radius 2 is 2.15 bits per heavy atom. The molecule has 0 aromatic carbocycles. The molecule has 0 saturated carbocycles. The first-order valence-electron chi connectivity index (χ1n) is 7.40. The standard InChI is InChI=1S/C15H27N3OS/c1-4-18(5-2)14(13-8-10-20-12-13)11-17-15(19)7-6-9-16-3/h8,10,12,14,16H,4-7,9,11H2,1-3H3,(H,17,19).